The number of nitrogens with zero attached hydrogens (tertiary/aromatic N) is 1. The van der Waals surface area contributed by atoms with Crippen LogP contribution >= 0.6 is 11.8 Å². The van der Waals surface area contributed by atoms with Crippen molar-refractivity contribution in [3.63, 3.8) is 0 Å². The standard InChI is InChI=1S/C13H16N2O4S/c1-13(5-2-6-20-13)8-14-12(17)9-3-4-10(15(18)19)11(16)7-9/h3-4,7,16H,2,5-6,8H2,1H3,(H,14,17). The lowest BCUT2D eigenvalue weighted by Gasteiger charge is -2.22. The van der Waals surface area contributed by atoms with Crippen LogP contribution in [0.25, 0.3) is 0 Å². The van der Waals surface area contributed by atoms with Crippen LogP contribution < -0.4 is 5.32 Å². The first-order valence-corrected chi connectivity index (χ1v) is 7.29. The summed E-state index contributed by atoms with van der Waals surface area (Å²) in [5.41, 5.74) is -0.181. The van der Waals surface area contributed by atoms with Crippen molar-refractivity contribution >= 4 is 23.4 Å². The van der Waals surface area contributed by atoms with Crippen molar-refractivity contribution in [3.05, 3.63) is 33.9 Å². The van der Waals surface area contributed by atoms with E-state index in [0.717, 1.165) is 30.7 Å². The number of aromatic hydroxyl groups is 1. The first-order chi connectivity index (χ1) is 9.41. The molecule has 2 N–H and O–H groups in total. The number of hydrogen-bond donors (Lipinski definition) is 2. The Balaban J connectivity index is 2.02. The van der Waals surface area contributed by atoms with Crippen molar-refractivity contribution in [2.24, 2.45) is 0 Å². The van der Waals surface area contributed by atoms with E-state index >= 15 is 0 Å². The fraction of sp³-hybridized carbons (Fsp3) is 0.462. The van der Waals surface area contributed by atoms with Gasteiger partial charge in [-0.05, 0) is 37.7 Å². The summed E-state index contributed by atoms with van der Waals surface area (Å²) < 4.78 is 0.0540. The molecule has 1 fully saturated rings. The molecule has 0 aromatic heterocycles. The Morgan fingerprint density at radius 1 is 1.60 bits per heavy atom. The molecule has 1 aliphatic rings. The summed E-state index contributed by atoms with van der Waals surface area (Å²) in [6, 6.07) is 3.60. The number of nitro groups is 1. The van der Waals surface area contributed by atoms with Crippen molar-refractivity contribution in [1.29, 1.82) is 0 Å². The maximum Gasteiger partial charge on any atom is 0.310 e. The number of nitrogens with one attached hydrogen (secondary N) is 1. The molecular weight excluding hydrogens is 280 g/mol. The highest BCUT2D eigenvalue weighted by atomic mass is 32.2. The Morgan fingerprint density at radius 2 is 2.35 bits per heavy atom. The third kappa shape index (κ3) is 3.22. The van der Waals surface area contributed by atoms with Crippen LogP contribution in [-0.2, 0) is 0 Å². The molecule has 1 aliphatic heterocycles. The van der Waals surface area contributed by atoms with Crippen LogP contribution in [-0.4, -0.2) is 33.0 Å². The summed E-state index contributed by atoms with van der Waals surface area (Å²) in [6.07, 6.45) is 2.21. The third-order valence-electron chi connectivity index (χ3n) is 3.36. The van der Waals surface area contributed by atoms with E-state index in [-0.39, 0.29) is 16.2 Å². The number of carbonyl (C=O) groups is 1. The molecule has 1 unspecified atom stereocenters. The summed E-state index contributed by atoms with van der Waals surface area (Å²) in [6.45, 7) is 2.66. The van der Waals surface area contributed by atoms with E-state index in [1.54, 1.807) is 0 Å². The molecule has 1 amide bonds. The number of rotatable bonds is 4. The molecule has 20 heavy (non-hydrogen) atoms. The average Bonchev–Trinajstić information content (AvgIpc) is 2.83. The number of carbonyl (C=O) groups excluding carboxylic acids is 1. The molecular formula is C13H16N2O4S. The maximum absolute atomic E-state index is 12.0. The van der Waals surface area contributed by atoms with E-state index in [1.165, 1.54) is 6.07 Å². The molecule has 0 aliphatic carbocycles. The number of benzene rings is 1. The Kier molecular flexibility index (Phi) is 4.17. The summed E-state index contributed by atoms with van der Waals surface area (Å²) in [4.78, 5) is 21.9. The molecule has 1 saturated heterocycles. The highest BCUT2D eigenvalue weighted by Crippen LogP contribution is 2.37. The molecule has 0 bridgehead atoms. The summed E-state index contributed by atoms with van der Waals surface area (Å²) in [7, 11) is 0. The highest BCUT2D eigenvalue weighted by molar-refractivity contribution is 8.00. The number of phenolic OH excluding ortho intramolecular Hbond substituents is 1. The molecule has 2 rings (SSSR count). The van der Waals surface area contributed by atoms with Gasteiger partial charge in [-0.25, -0.2) is 0 Å². The van der Waals surface area contributed by atoms with Crippen LogP contribution in [0.15, 0.2) is 18.2 Å². The van der Waals surface area contributed by atoms with Gasteiger partial charge in [-0.3, -0.25) is 14.9 Å². The zero-order chi connectivity index (χ0) is 14.8. The second kappa shape index (κ2) is 5.70. The molecule has 7 heteroatoms. The van der Waals surface area contributed by atoms with E-state index in [2.05, 4.69) is 12.2 Å². The highest BCUT2D eigenvalue weighted by Gasteiger charge is 2.30. The van der Waals surface area contributed by atoms with Gasteiger partial charge in [0.2, 0.25) is 0 Å². The van der Waals surface area contributed by atoms with Crippen molar-refractivity contribution in [1.82, 2.24) is 5.32 Å². The van der Waals surface area contributed by atoms with Gasteiger partial charge in [0.25, 0.3) is 5.91 Å². The number of thioether (sulfide) groups is 1. The first kappa shape index (κ1) is 14.6. The van der Waals surface area contributed by atoms with Gasteiger partial charge in [-0.15, -0.1) is 0 Å². The largest absolute Gasteiger partial charge is 0.502 e. The minimum atomic E-state index is -0.687. The molecule has 0 radical (unpaired) electrons. The van der Waals surface area contributed by atoms with E-state index in [1.807, 2.05) is 11.8 Å². The van der Waals surface area contributed by atoms with Gasteiger partial charge in [0.15, 0.2) is 5.75 Å². The van der Waals surface area contributed by atoms with E-state index < -0.39 is 16.4 Å². The van der Waals surface area contributed by atoms with Gasteiger partial charge in [0.1, 0.15) is 0 Å². The molecule has 1 aromatic carbocycles. The molecule has 108 valence electrons. The van der Waals surface area contributed by atoms with E-state index in [9.17, 15) is 20.0 Å². The van der Waals surface area contributed by atoms with Gasteiger partial charge < -0.3 is 10.4 Å². The average molecular weight is 296 g/mol. The van der Waals surface area contributed by atoms with Gasteiger partial charge in [-0.1, -0.05) is 0 Å². The predicted molar refractivity (Wildman–Crippen MR) is 77.2 cm³/mol. The van der Waals surface area contributed by atoms with Gasteiger partial charge in [0, 0.05) is 22.9 Å². The van der Waals surface area contributed by atoms with E-state index in [0.29, 0.717) is 6.54 Å². The Bertz CT molecular complexity index is 541. The second-order valence-electron chi connectivity index (χ2n) is 5.05. The SMILES string of the molecule is CC1(CNC(=O)c2ccc([N+](=O)[O-])c(O)c2)CCCS1. The molecule has 1 aromatic rings. The van der Waals surface area contributed by atoms with Crippen molar-refractivity contribution in [2.75, 3.05) is 12.3 Å². The lowest BCUT2D eigenvalue weighted by atomic mass is 10.1. The van der Waals surface area contributed by atoms with Crippen LogP contribution in [0.4, 0.5) is 5.69 Å². The maximum atomic E-state index is 12.0. The molecule has 0 saturated carbocycles. The normalized spacial score (nSPS) is 21.6. The summed E-state index contributed by atoms with van der Waals surface area (Å²) in [5, 5.41) is 22.9. The lowest BCUT2D eigenvalue weighted by molar-refractivity contribution is -0.385. The number of amides is 1. The van der Waals surface area contributed by atoms with Crippen LogP contribution in [0.3, 0.4) is 0 Å². The summed E-state index contributed by atoms with van der Waals surface area (Å²) in [5.74, 6) is 0.276. The topological polar surface area (TPSA) is 92.5 Å². The minimum Gasteiger partial charge on any atom is -0.502 e. The van der Waals surface area contributed by atoms with Crippen LogP contribution in [0.2, 0.25) is 0 Å². The van der Waals surface area contributed by atoms with Crippen molar-refractivity contribution in [2.45, 2.75) is 24.5 Å². The minimum absolute atomic E-state index is 0.0540. The van der Waals surface area contributed by atoms with E-state index in [4.69, 9.17) is 0 Å². The Labute approximate surface area is 120 Å². The number of phenols is 1. The van der Waals surface area contributed by atoms with Gasteiger partial charge >= 0.3 is 5.69 Å². The fourth-order valence-electron chi connectivity index (χ4n) is 2.16. The van der Waals surface area contributed by atoms with Gasteiger partial charge in [0.05, 0.1) is 4.92 Å². The molecule has 0 spiro atoms. The van der Waals surface area contributed by atoms with Crippen molar-refractivity contribution < 1.29 is 14.8 Å². The lowest BCUT2D eigenvalue weighted by Crippen LogP contribution is -2.36. The monoisotopic (exact) mass is 296 g/mol. The Morgan fingerprint density at radius 3 is 2.90 bits per heavy atom. The first-order valence-electron chi connectivity index (χ1n) is 6.31. The summed E-state index contributed by atoms with van der Waals surface area (Å²) >= 11 is 1.84. The molecule has 1 heterocycles. The third-order valence-corrected chi connectivity index (χ3v) is 4.90. The zero-order valence-electron chi connectivity index (χ0n) is 11.1. The molecule has 6 nitrogen and oxygen atoms in total. The van der Waals surface area contributed by atoms with Crippen LogP contribution in [0, 0.1) is 10.1 Å². The number of hydrogen-bond acceptors (Lipinski definition) is 5. The van der Waals surface area contributed by atoms with Gasteiger partial charge in [-0.2, -0.15) is 11.8 Å². The second-order valence-corrected chi connectivity index (χ2v) is 6.73. The fourth-order valence-corrected chi connectivity index (χ4v) is 3.41. The van der Waals surface area contributed by atoms with Crippen LogP contribution in [0.5, 0.6) is 5.75 Å². The Hall–Kier alpha value is -1.76. The predicted octanol–water partition coefficient (Wildman–Crippen LogP) is 2.32. The smallest absolute Gasteiger partial charge is 0.310 e. The van der Waals surface area contributed by atoms with Crippen molar-refractivity contribution in [3.8, 4) is 5.75 Å². The quantitative estimate of drug-likeness (QED) is 0.657. The number of nitro benzene ring substituents is 1. The van der Waals surface area contributed by atoms with Crippen LogP contribution in [0.1, 0.15) is 30.1 Å². The molecule has 1 atom stereocenters. The zero-order valence-corrected chi connectivity index (χ0v) is 11.9.